The minimum Gasteiger partial charge on any atom is -0.354 e. The van der Waals surface area contributed by atoms with Crippen molar-refractivity contribution >= 4 is 40.4 Å². The van der Waals surface area contributed by atoms with Crippen LogP contribution in [0.4, 0.5) is 27.3 Å². The Balaban J connectivity index is 1.40. The third-order valence-electron chi connectivity index (χ3n) is 5.50. The lowest BCUT2D eigenvalue weighted by atomic mass is 10.2. The molecule has 3 aromatic rings. The Hall–Kier alpha value is -3.16. The van der Waals surface area contributed by atoms with Crippen molar-refractivity contribution in [2.24, 2.45) is 0 Å². The van der Waals surface area contributed by atoms with E-state index in [-0.39, 0.29) is 11.7 Å². The van der Waals surface area contributed by atoms with Crippen molar-refractivity contribution < 1.29 is 9.18 Å². The first-order valence-electron chi connectivity index (χ1n) is 10.6. The van der Waals surface area contributed by atoms with Crippen LogP contribution in [0.15, 0.2) is 60.8 Å². The SMILES string of the molecule is CCN1CCN(c2ccc(C(=O)Nc3ccc(Cl)c(Nc4ccc(F)cc4)c3)cn2)CC1. The topological polar surface area (TPSA) is 60.5 Å². The van der Waals surface area contributed by atoms with Gasteiger partial charge in [0.25, 0.3) is 5.91 Å². The molecule has 1 saturated heterocycles. The van der Waals surface area contributed by atoms with Gasteiger partial charge in [-0.05, 0) is 61.1 Å². The van der Waals surface area contributed by atoms with E-state index in [4.69, 9.17) is 11.6 Å². The van der Waals surface area contributed by atoms with Crippen molar-refractivity contribution in [2.75, 3.05) is 48.3 Å². The fourth-order valence-corrected chi connectivity index (χ4v) is 3.76. The Morgan fingerprint density at radius 3 is 2.41 bits per heavy atom. The van der Waals surface area contributed by atoms with E-state index >= 15 is 0 Å². The van der Waals surface area contributed by atoms with Crippen LogP contribution in [0.5, 0.6) is 0 Å². The fourth-order valence-electron chi connectivity index (χ4n) is 3.59. The van der Waals surface area contributed by atoms with Crippen molar-refractivity contribution in [3.8, 4) is 0 Å². The number of likely N-dealkylation sites (N-methyl/N-ethyl adjacent to an activating group) is 1. The zero-order valence-electron chi connectivity index (χ0n) is 17.8. The van der Waals surface area contributed by atoms with Crippen molar-refractivity contribution in [2.45, 2.75) is 6.92 Å². The van der Waals surface area contributed by atoms with E-state index in [9.17, 15) is 9.18 Å². The molecule has 0 atom stereocenters. The van der Waals surface area contributed by atoms with Crippen LogP contribution in [0.3, 0.4) is 0 Å². The molecule has 2 heterocycles. The van der Waals surface area contributed by atoms with Gasteiger partial charge in [0, 0.05) is 43.8 Å². The van der Waals surface area contributed by atoms with E-state index in [1.165, 1.54) is 12.1 Å². The van der Waals surface area contributed by atoms with Crippen molar-refractivity contribution in [1.29, 1.82) is 0 Å². The van der Waals surface area contributed by atoms with Gasteiger partial charge in [0.05, 0.1) is 16.3 Å². The molecule has 2 aromatic carbocycles. The van der Waals surface area contributed by atoms with E-state index in [1.54, 1.807) is 42.6 Å². The molecule has 0 bridgehead atoms. The zero-order chi connectivity index (χ0) is 22.5. The van der Waals surface area contributed by atoms with Gasteiger partial charge in [-0.15, -0.1) is 0 Å². The number of hydrogen-bond acceptors (Lipinski definition) is 5. The molecule has 1 aliphatic heterocycles. The second-order valence-corrected chi connectivity index (χ2v) is 8.01. The highest BCUT2D eigenvalue weighted by molar-refractivity contribution is 6.33. The lowest BCUT2D eigenvalue weighted by Crippen LogP contribution is -2.46. The summed E-state index contributed by atoms with van der Waals surface area (Å²) in [4.78, 5) is 21.8. The first-order valence-corrected chi connectivity index (χ1v) is 11.0. The van der Waals surface area contributed by atoms with Crippen molar-refractivity contribution in [3.05, 3.63) is 77.2 Å². The molecule has 0 radical (unpaired) electrons. The molecule has 2 N–H and O–H groups in total. The van der Waals surface area contributed by atoms with Crippen LogP contribution in [0.2, 0.25) is 5.02 Å². The molecule has 1 fully saturated rings. The number of carbonyl (C=O) groups is 1. The summed E-state index contributed by atoms with van der Waals surface area (Å²) in [5, 5.41) is 6.50. The Bertz CT molecular complexity index is 1070. The molecular weight excluding hydrogens is 429 g/mol. The Morgan fingerprint density at radius 1 is 1.03 bits per heavy atom. The third-order valence-corrected chi connectivity index (χ3v) is 5.83. The zero-order valence-corrected chi connectivity index (χ0v) is 18.6. The predicted molar refractivity (Wildman–Crippen MR) is 128 cm³/mol. The summed E-state index contributed by atoms with van der Waals surface area (Å²) in [5.41, 5.74) is 2.36. The second-order valence-electron chi connectivity index (χ2n) is 7.61. The van der Waals surface area contributed by atoms with Crippen LogP contribution in [-0.2, 0) is 0 Å². The molecule has 32 heavy (non-hydrogen) atoms. The summed E-state index contributed by atoms with van der Waals surface area (Å²) in [6.07, 6.45) is 1.60. The standard InChI is InChI=1S/C24H25ClFN5O/c1-2-30-11-13-31(14-12-30)23-10-3-17(16-27-23)24(32)29-20-8-9-21(25)22(15-20)28-19-6-4-18(26)5-7-19/h3-10,15-16,28H,2,11-14H2,1H3,(H,29,32). The number of amides is 1. The van der Waals surface area contributed by atoms with Gasteiger partial charge in [-0.3, -0.25) is 4.79 Å². The summed E-state index contributed by atoms with van der Waals surface area (Å²) >= 11 is 6.27. The monoisotopic (exact) mass is 453 g/mol. The smallest absolute Gasteiger partial charge is 0.257 e. The van der Waals surface area contributed by atoms with Gasteiger partial charge in [-0.1, -0.05) is 18.5 Å². The first kappa shape index (κ1) is 22.0. The maximum Gasteiger partial charge on any atom is 0.257 e. The molecule has 1 aromatic heterocycles. The lowest BCUT2D eigenvalue weighted by molar-refractivity contribution is 0.102. The highest BCUT2D eigenvalue weighted by Crippen LogP contribution is 2.29. The summed E-state index contributed by atoms with van der Waals surface area (Å²) < 4.78 is 13.1. The minimum absolute atomic E-state index is 0.255. The quantitative estimate of drug-likeness (QED) is 0.549. The molecule has 0 saturated carbocycles. The van der Waals surface area contributed by atoms with E-state index in [0.29, 0.717) is 27.6 Å². The number of halogens is 2. The number of nitrogens with one attached hydrogen (secondary N) is 2. The maximum atomic E-state index is 13.1. The molecule has 0 aliphatic carbocycles. The van der Waals surface area contributed by atoms with Gasteiger partial charge in [0.1, 0.15) is 11.6 Å². The molecule has 0 unspecified atom stereocenters. The molecule has 166 valence electrons. The molecule has 1 amide bonds. The number of carbonyl (C=O) groups excluding carboxylic acids is 1. The number of anilines is 4. The van der Waals surface area contributed by atoms with Crippen LogP contribution < -0.4 is 15.5 Å². The first-order chi connectivity index (χ1) is 15.5. The molecular formula is C24H25ClFN5O. The second kappa shape index (κ2) is 9.97. The average molecular weight is 454 g/mol. The minimum atomic E-state index is -0.314. The van der Waals surface area contributed by atoms with Gasteiger partial charge in [0.15, 0.2) is 0 Å². The van der Waals surface area contributed by atoms with Crippen LogP contribution in [0, 0.1) is 5.82 Å². The highest BCUT2D eigenvalue weighted by atomic mass is 35.5. The molecule has 4 rings (SSSR count). The van der Waals surface area contributed by atoms with E-state index in [1.807, 2.05) is 6.07 Å². The number of benzene rings is 2. The van der Waals surface area contributed by atoms with Crippen LogP contribution in [0.1, 0.15) is 17.3 Å². The molecule has 0 spiro atoms. The Kier molecular flexibility index (Phi) is 6.87. The van der Waals surface area contributed by atoms with Crippen molar-refractivity contribution in [1.82, 2.24) is 9.88 Å². The van der Waals surface area contributed by atoms with Gasteiger partial charge >= 0.3 is 0 Å². The Morgan fingerprint density at radius 2 is 1.75 bits per heavy atom. The normalized spacial score (nSPS) is 14.3. The van der Waals surface area contributed by atoms with Crippen LogP contribution in [0.25, 0.3) is 0 Å². The number of pyridine rings is 1. The van der Waals surface area contributed by atoms with E-state index < -0.39 is 0 Å². The number of rotatable bonds is 6. The van der Waals surface area contributed by atoms with Gasteiger partial charge in [0.2, 0.25) is 0 Å². The maximum absolute atomic E-state index is 13.1. The fraction of sp³-hybridized carbons (Fsp3) is 0.250. The summed E-state index contributed by atoms with van der Waals surface area (Å²) in [5.74, 6) is 0.315. The average Bonchev–Trinajstić information content (AvgIpc) is 2.83. The molecule has 1 aliphatic rings. The highest BCUT2D eigenvalue weighted by Gasteiger charge is 2.17. The van der Waals surface area contributed by atoms with E-state index in [2.05, 4.69) is 32.3 Å². The molecule has 8 heteroatoms. The van der Waals surface area contributed by atoms with Crippen molar-refractivity contribution in [3.63, 3.8) is 0 Å². The summed E-state index contributed by atoms with van der Waals surface area (Å²) in [6, 6.07) is 14.8. The van der Waals surface area contributed by atoms with E-state index in [0.717, 1.165) is 38.5 Å². The number of piperazine rings is 1. The summed E-state index contributed by atoms with van der Waals surface area (Å²) in [6.45, 7) is 7.13. The predicted octanol–water partition coefficient (Wildman–Crippen LogP) is 5.01. The third kappa shape index (κ3) is 5.36. The lowest BCUT2D eigenvalue weighted by Gasteiger charge is -2.34. The van der Waals surface area contributed by atoms with Gasteiger partial charge in [-0.2, -0.15) is 0 Å². The van der Waals surface area contributed by atoms with Crippen LogP contribution >= 0.6 is 11.6 Å². The van der Waals surface area contributed by atoms with Crippen LogP contribution in [-0.4, -0.2) is 48.5 Å². The largest absolute Gasteiger partial charge is 0.354 e. The van der Waals surface area contributed by atoms with Gasteiger partial charge in [-0.25, -0.2) is 9.37 Å². The number of nitrogens with zero attached hydrogens (tertiary/aromatic N) is 3. The van der Waals surface area contributed by atoms with Gasteiger partial charge < -0.3 is 20.4 Å². The molecule has 6 nitrogen and oxygen atoms in total. The Labute approximate surface area is 192 Å². The number of hydrogen-bond donors (Lipinski definition) is 2. The number of aromatic nitrogens is 1. The summed E-state index contributed by atoms with van der Waals surface area (Å²) in [7, 11) is 0.